The van der Waals surface area contributed by atoms with E-state index in [2.05, 4.69) is 30.6 Å². The third-order valence-electron chi connectivity index (χ3n) is 5.54. The molecular weight excluding hydrogens is 465 g/mol. The fourth-order valence-corrected chi connectivity index (χ4v) is 4.07. The van der Waals surface area contributed by atoms with E-state index in [9.17, 15) is 14.0 Å². The van der Waals surface area contributed by atoms with Gasteiger partial charge < -0.3 is 25.3 Å². The van der Waals surface area contributed by atoms with Crippen molar-refractivity contribution >= 4 is 40.5 Å². The van der Waals surface area contributed by atoms with Crippen molar-refractivity contribution in [3.05, 3.63) is 35.5 Å². The molecule has 2 amide bonds. The molecule has 3 aromatic heterocycles. The number of nitrogens with one attached hydrogen (secondary N) is 3. The van der Waals surface area contributed by atoms with Gasteiger partial charge >= 0.3 is 12.0 Å². The Bertz CT molecular complexity index is 1190. The highest BCUT2D eigenvalue weighted by molar-refractivity contribution is 6.31. The molecule has 10 nitrogen and oxygen atoms in total. The van der Waals surface area contributed by atoms with Gasteiger partial charge in [-0.3, -0.25) is 4.79 Å². The number of hydrogen-bond acceptors (Lipinski definition) is 7. The Labute approximate surface area is 200 Å². The molecule has 12 heteroatoms. The van der Waals surface area contributed by atoms with Crippen LogP contribution in [0.2, 0.25) is 5.02 Å². The van der Waals surface area contributed by atoms with E-state index < -0.39 is 11.8 Å². The maximum Gasteiger partial charge on any atom is 0.325 e. The van der Waals surface area contributed by atoms with E-state index in [1.54, 1.807) is 24.1 Å². The highest BCUT2D eigenvalue weighted by Gasteiger charge is 2.24. The van der Waals surface area contributed by atoms with Gasteiger partial charge in [-0.15, -0.1) is 0 Å². The first-order valence-electron chi connectivity index (χ1n) is 11.0. The number of aromatic nitrogens is 4. The van der Waals surface area contributed by atoms with Crippen molar-refractivity contribution in [3.63, 3.8) is 0 Å². The molecule has 1 fully saturated rings. The number of aromatic amines is 1. The Balaban J connectivity index is 1.39. The maximum atomic E-state index is 14.4. The van der Waals surface area contributed by atoms with Crippen LogP contribution in [-0.4, -0.2) is 69.6 Å². The third kappa shape index (κ3) is 5.53. The van der Waals surface area contributed by atoms with Crippen LogP contribution in [0.15, 0.2) is 24.7 Å². The standard InChI is InChI=1S/C22H25ClFN7O3/c1-2-34-18(32)11-29-22(33)31-5-3-4-13(12-31)7-25-21-17(24)10-28-20(30-21)16-9-27-19-15(16)6-14(23)8-26-19/h6,8-10,13H,2-5,7,11-12H2,1H3,(H,26,27)(H,29,33)(H,25,28,30). The van der Waals surface area contributed by atoms with Gasteiger partial charge in [0, 0.05) is 43.0 Å². The molecule has 1 aliphatic heterocycles. The molecule has 3 N–H and O–H groups in total. The topological polar surface area (TPSA) is 125 Å². The molecule has 180 valence electrons. The quantitative estimate of drug-likeness (QED) is 0.435. The fourth-order valence-electron chi connectivity index (χ4n) is 3.91. The van der Waals surface area contributed by atoms with E-state index in [0.29, 0.717) is 41.7 Å². The summed E-state index contributed by atoms with van der Waals surface area (Å²) in [5, 5.41) is 6.85. The number of carbonyl (C=O) groups is 2. The molecule has 0 aliphatic carbocycles. The number of hydrogen-bond donors (Lipinski definition) is 3. The van der Waals surface area contributed by atoms with Crippen LogP contribution in [0.25, 0.3) is 22.4 Å². The molecule has 0 spiro atoms. The number of ether oxygens (including phenoxy) is 1. The van der Waals surface area contributed by atoms with Crippen LogP contribution < -0.4 is 10.6 Å². The Kier molecular flexibility index (Phi) is 7.41. The highest BCUT2D eigenvalue weighted by atomic mass is 35.5. The van der Waals surface area contributed by atoms with Gasteiger partial charge in [0.25, 0.3) is 0 Å². The van der Waals surface area contributed by atoms with Crippen molar-refractivity contribution in [2.45, 2.75) is 19.8 Å². The van der Waals surface area contributed by atoms with Crippen molar-refractivity contribution in [1.82, 2.24) is 30.2 Å². The van der Waals surface area contributed by atoms with E-state index >= 15 is 0 Å². The van der Waals surface area contributed by atoms with Gasteiger partial charge in [-0.2, -0.15) is 0 Å². The van der Waals surface area contributed by atoms with Crippen LogP contribution in [-0.2, 0) is 9.53 Å². The zero-order chi connectivity index (χ0) is 24.1. The molecule has 4 heterocycles. The smallest absolute Gasteiger partial charge is 0.325 e. The van der Waals surface area contributed by atoms with Crippen LogP contribution in [0, 0.1) is 11.7 Å². The summed E-state index contributed by atoms with van der Waals surface area (Å²) in [4.78, 5) is 41.2. The number of rotatable bonds is 7. The summed E-state index contributed by atoms with van der Waals surface area (Å²) in [7, 11) is 0. The van der Waals surface area contributed by atoms with Gasteiger partial charge in [0.1, 0.15) is 12.2 Å². The third-order valence-corrected chi connectivity index (χ3v) is 5.74. The van der Waals surface area contributed by atoms with Gasteiger partial charge in [0.05, 0.1) is 17.8 Å². The van der Waals surface area contributed by atoms with Crippen LogP contribution in [0.5, 0.6) is 0 Å². The van der Waals surface area contributed by atoms with Crippen molar-refractivity contribution in [3.8, 4) is 11.4 Å². The summed E-state index contributed by atoms with van der Waals surface area (Å²) in [6, 6.07) is 1.43. The average Bonchev–Trinajstić information content (AvgIpc) is 3.25. The summed E-state index contributed by atoms with van der Waals surface area (Å²) in [6.45, 7) is 3.30. The lowest BCUT2D eigenvalue weighted by Crippen LogP contribution is -2.48. The normalized spacial score (nSPS) is 15.9. The zero-order valence-corrected chi connectivity index (χ0v) is 19.4. The predicted octanol–water partition coefficient (Wildman–Crippen LogP) is 3.21. The number of piperidine rings is 1. The molecular formula is C22H25ClFN7O3. The van der Waals surface area contributed by atoms with Crippen LogP contribution in [0.1, 0.15) is 19.8 Å². The van der Waals surface area contributed by atoms with Crippen molar-refractivity contribution < 1.29 is 18.7 Å². The second kappa shape index (κ2) is 10.6. The summed E-state index contributed by atoms with van der Waals surface area (Å²) in [5.74, 6) is -0.536. The number of carbonyl (C=O) groups excluding carboxylic acids is 2. The van der Waals surface area contributed by atoms with E-state index in [1.165, 1.54) is 6.20 Å². The van der Waals surface area contributed by atoms with E-state index in [-0.39, 0.29) is 30.9 Å². The van der Waals surface area contributed by atoms with Crippen LogP contribution >= 0.6 is 11.6 Å². The molecule has 0 bridgehead atoms. The molecule has 1 unspecified atom stereocenters. The summed E-state index contributed by atoms with van der Waals surface area (Å²) >= 11 is 6.07. The van der Waals surface area contributed by atoms with E-state index in [4.69, 9.17) is 16.3 Å². The van der Waals surface area contributed by atoms with Gasteiger partial charge in [-0.05, 0) is 31.7 Å². The maximum absolute atomic E-state index is 14.4. The molecule has 0 radical (unpaired) electrons. The Hall–Kier alpha value is -3.47. The number of H-pyrrole nitrogens is 1. The van der Waals surface area contributed by atoms with E-state index in [0.717, 1.165) is 24.4 Å². The number of anilines is 1. The van der Waals surface area contributed by atoms with Gasteiger partial charge in [0.2, 0.25) is 0 Å². The summed E-state index contributed by atoms with van der Waals surface area (Å²) < 4.78 is 19.3. The lowest BCUT2D eigenvalue weighted by Gasteiger charge is -2.32. The van der Waals surface area contributed by atoms with Gasteiger partial charge in [0.15, 0.2) is 17.5 Å². The number of nitrogens with zero attached hydrogens (tertiary/aromatic N) is 4. The Morgan fingerprint density at radius 2 is 2.21 bits per heavy atom. The number of amides is 2. The van der Waals surface area contributed by atoms with E-state index in [1.807, 2.05) is 0 Å². The number of halogens is 2. The molecule has 1 saturated heterocycles. The molecule has 0 saturated carbocycles. The molecule has 34 heavy (non-hydrogen) atoms. The number of pyridine rings is 1. The minimum absolute atomic E-state index is 0.0817. The fraction of sp³-hybridized carbons (Fsp3) is 0.409. The largest absolute Gasteiger partial charge is 0.465 e. The second-order valence-corrected chi connectivity index (χ2v) is 8.38. The number of esters is 1. The lowest BCUT2D eigenvalue weighted by molar-refractivity contribution is -0.141. The predicted molar refractivity (Wildman–Crippen MR) is 125 cm³/mol. The van der Waals surface area contributed by atoms with Crippen LogP contribution in [0.4, 0.5) is 15.0 Å². The molecule has 1 atom stereocenters. The minimum Gasteiger partial charge on any atom is -0.465 e. The van der Waals surface area contributed by atoms with Crippen molar-refractivity contribution in [1.29, 1.82) is 0 Å². The Morgan fingerprint density at radius 1 is 1.35 bits per heavy atom. The first-order valence-corrected chi connectivity index (χ1v) is 11.4. The Morgan fingerprint density at radius 3 is 3.03 bits per heavy atom. The van der Waals surface area contributed by atoms with Crippen molar-refractivity contribution in [2.24, 2.45) is 5.92 Å². The first-order chi connectivity index (χ1) is 16.4. The SMILES string of the molecule is CCOC(=O)CNC(=O)N1CCCC(CNc2nc(-c3c[nH]c4ncc(Cl)cc34)ncc2F)C1. The second-order valence-electron chi connectivity index (χ2n) is 7.94. The van der Waals surface area contributed by atoms with Crippen molar-refractivity contribution in [2.75, 3.05) is 38.1 Å². The molecule has 1 aliphatic rings. The average molecular weight is 490 g/mol. The summed E-state index contributed by atoms with van der Waals surface area (Å²) in [5.41, 5.74) is 1.29. The number of likely N-dealkylation sites (tertiary alicyclic amines) is 1. The number of fused-ring (bicyclic) bond motifs is 1. The monoisotopic (exact) mass is 489 g/mol. The highest BCUT2D eigenvalue weighted by Crippen LogP contribution is 2.28. The summed E-state index contributed by atoms with van der Waals surface area (Å²) in [6.07, 6.45) is 6.05. The molecule has 3 aromatic rings. The first kappa shape index (κ1) is 23.7. The minimum atomic E-state index is -0.570. The lowest BCUT2D eigenvalue weighted by atomic mass is 9.98. The number of urea groups is 1. The van der Waals surface area contributed by atoms with Crippen LogP contribution in [0.3, 0.4) is 0 Å². The van der Waals surface area contributed by atoms with Gasteiger partial charge in [-0.1, -0.05) is 11.6 Å². The van der Waals surface area contributed by atoms with Gasteiger partial charge in [-0.25, -0.2) is 24.1 Å². The molecule has 0 aromatic carbocycles. The zero-order valence-electron chi connectivity index (χ0n) is 18.6. The molecule has 4 rings (SSSR count).